The van der Waals surface area contributed by atoms with E-state index in [1.807, 2.05) is 4.68 Å². The second kappa shape index (κ2) is 4.09. The van der Waals surface area contributed by atoms with Crippen LogP contribution in [0, 0.1) is 5.92 Å². The van der Waals surface area contributed by atoms with Crippen LogP contribution in [0.3, 0.4) is 0 Å². The lowest BCUT2D eigenvalue weighted by atomic mass is 10.2. The summed E-state index contributed by atoms with van der Waals surface area (Å²) in [5.41, 5.74) is 0. The van der Waals surface area contributed by atoms with Crippen molar-refractivity contribution in [2.24, 2.45) is 5.92 Å². The van der Waals surface area contributed by atoms with E-state index in [-0.39, 0.29) is 0 Å². The van der Waals surface area contributed by atoms with Crippen molar-refractivity contribution in [3.05, 3.63) is 12.7 Å². The van der Waals surface area contributed by atoms with Crippen LogP contribution in [0.2, 0.25) is 0 Å². The second-order valence-corrected chi connectivity index (χ2v) is 4.33. The van der Waals surface area contributed by atoms with E-state index >= 15 is 0 Å². The highest BCUT2D eigenvalue weighted by molar-refractivity contribution is 4.91. The van der Waals surface area contributed by atoms with Crippen LogP contribution in [0.4, 0.5) is 0 Å². The number of aromatic nitrogens is 3. The zero-order valence-corrected chi connectivity index (χ0v) is 8.85. The molecule has 0 amide bonds. The van der Waals surface area contributed by atoms with Crippen molar-refractivity contribution in [2.75, 3.05) is 0 Å². The minimum atomic E-state index is 0.578. The van der Waals surface area contributed by atoms with Crippen molar-refractivity contribution < 1.29 is 0 Å². The number of rotatable bonds is 5. The summed E-state index contributed by atoms with van der Waals surface area (Å²) in [4.78, 5) is 3.92. The fraction of sp³-hybridized carbons (Fsp3) is 0.800. The number of hydrogen-bond acceptors (Lipinski definition) is 3. The Balaban J connectivity index is 1.65. The van der Waals surface area contributed by atoms with Crippen molar-refractivity contribution in [1.29, 1.82) is 0 Å². The molecular weight excluding hydrogens is 176 g/mol. The maximum atomic E-state index is 4.08. The van der Waals surface area contributed by atoms with Crippen molar-refractivity contribution in [3.8, 4) is 0 Å². The number of nitrogens with zero attached hydrogens (tertiary/aromatic N) is 3. The summed E-state index contributed by atoms with van der Waals surface area (Å²) in [7, 11) is 0. The quantitative estimate of drug-likeness (QED) is 0.762. The van der Waals surface area contributed by atoms with E-state index in [1.54, 1.807) is 12.7 Å². The third-order valence-corrected chi connectivity index (χ3v) is 2.87. The van der Waals surface area contributed by atoms with E-state index in [9.17, 15) is 0 Å². The van der Waals surface area contributed by atoms with Crippen LogP contribution in [0.25, 0.3) is 0 Å². The van der Waals surface area contributed by atoms with Gasteiger partial charge in [0.1, 0.15) is 12.7 Å². The molecular formula is C10H18N4. The molecule has 14 heavy (non-hydrogen) atoms. The molecule has 0 aromatic carbocycles. The summed E-state index contributed by atoms with van der Waals surface area (Å²) in [6.45, 7) is 5.49. The highest BCUT2D eigenvalue weighted by atomic mass is 15.3. The molecule has 1 saturated carbocycles. The Hall–Kier alpha value is -0.900. The lowest BCUT2D eigenvalue weighted by Gasteiger charge is -2.12. The smallest absolute Gasteiger partial charge is 0.137 e. The minimum absolute atomic E-state index is 0.578. The van der Waals surface area contributed by atoms with Gasteiger partial charge in [-0.05, 0) is 25.7 Å². The normalized spacial score (nSPS) is 27.6. The Bertz CT molecular complexity index is 270. The van der Waals surface area contributed by atoms with Gasteiger partial charge in [0.2, 0.25) is 0 Å². The lowest BCUT2D eigenvalue weighted by molar-refractivity contribution is 0.449. The van der Waals surface area contributed by atoms with Crippen molar-refractivity contribution >= 4 is 0 Å². The van der Waals surface area contributed by atoms with Crippen molar-refractivity contribution in [2.45, 2.75) is 45.3 Å². The molecule has 3 atom stereocenters. The summed E-state index contributed by atoms with van der Waals surface area (Å²) in [6.07, 6.45) is 5.81. The molecule has 1 fully saturated rings. The van der Waals surface area contributed by atoms with Gasteiger partial charge in [-0.1, -0.05) is 6.92 Å². The summed E-state index contributed by atoms with van der Waals surface area (Å²) >= 11 is 0. The second-order valence-electron chi connectivity index (χ2n) is 4.33. The summed E-state index contributed by atoms with van der Waals surface area (Å²) in [6, 6.07) is 1.34. The van der Waals surface area contributed by atoms with Crippen molar-refractivity contribution in [3.63, 3.8) is 0 Å². The maximum Gasteiger partial charge on any atom is 0.137 e. The van der Waals surface area contributed by atoms with Gasteiger partial charge in [-0.2, -0.15) is 5.10 Å². The fourth-order valence-electron chi connectivity index (χ4n) is 1.68. The lowest BCUT2D eigenvalue weighted by Crippen LogP contribution is -2.30. The predicted molar refractivity (Wildman–Crippen MR) is 54.8 cm³/mol. The molecule has 2 rings (SSSR count). The van der Waals surface area contributed by atoms with Crippen LogP contribution in [-0.2, 0) is 6.54 Å². The zero-order valence-electron chi connectivity index (χ0n) is 8.85. The molecule has 0 aliphatic heterocycles. The SMILES string of the molecule is CC(CCn1cncn1)NC1CC1C. The summed E-state index contributed by atoms with van der Waals surface area (Å²) < 4.78 is 1.88. The van der Waals surface area contributed by atoms with Crippen LogP contribution >= 0.6 is 0 Å². The van der Waals surface area contributed by atoms with Gasteiger partial charge < -0.3 is 5.32 Å². The van der Waals surface area contributed by atoms with Crippen LogP contribution in [0.1, 0.15) is 26.7 Å². The molecule has 1 aromatic rings. The van der Waals surface area contributed by atoms with Gasteiger partial charge in [-0.15, -0.1) is 0 Å². The topological polar surface area (TPSA) is 42.7 Å². The van der Waals surface area contributed by atoms with Crippen LogP contribution in [-0.4, -0.2) is 26.8 Å². The Morgan fingerprint density at radius 3 is 3.00 bits per heavy atom. The molecule has 4 heteroatoms. The Labute approximate surface area is 84.7 Å². The van der Waals surface area contributed by atoms with Gasteiger partial charge in [0.15, 0.2) is 0 Å². The van der Waals surface area contributed by atoms with E-state index in [0.717, 1.165) is 24.9 Å². The highest BCUT2D eigenvalue weighted by Crippen LogP contribution is 2.29. The zero-order chi connectivity index (χ0) is 9.97. The Morgan fingerprint density at radius 1 is 1.64 bits per heavy atom. The number of nitrogens with one attached hydrogen (secondary N) is 1. The molecule has 4 nitrogen and oxygen atoms in total. The first-order chi connectivity index (χ1) is 6.75. The molecule has 3 unspecified atom stereocenters. The first kappa shape index (κ1) is 9.65. The Morgan fingerprint density at radius 2 is 2.43 bits per heavy atom. The molecule has 1 aliphatic carbocycles. The monoisotopic (exact) mass is 194 g/mol. The van der Waals surface area contributed by atoms with Gasteiger partial charge in [0.25, 0.3) is 0 Å². The van der Waals surface area contributed by atoms with E-state index in [1.165, 1.54) is 6.42 Å². The van der Waals surface area contributed by atoms with Gasteiger partial charge in [-0.3, -0.25) is 4.68 Å². The predicted octanol–water partition coefficient (Wildman–Crippen LogP) is 1.05. The van der Waals surface area contributed by atoms with E-state index in [4.69, 9.17) is 0 Å². The first-order valence-electron chi connectivity index (χ1n) is 5.34. The molecule has 1 aromatic heterocycles. The van der Waals surface area contributed by atoms with Crippen LogP contribution in [0.5, 0.6) is 0 Å². The maximum absolute atomic E-state index is 4.08. The molecule has 1 heterocycles. The number of hydrogen-bond donors (Lipinski definition) is 1. The molecule has 0 bridgehead atoms. The van der Waals surface area contributed by atoms with Crippen LogP contribution < -0.4 is 5.32 Å². The van der Waals surface area contributed by atoms with E-state index < -0.39 is 0 Å². The van der Waals surface area contributed by atoms with Crippen LogP contribution in [0.15, 0.2) is 12.7 Å². The van der Waals surface area contributed by atoms with Gasteiger partial charge in [-0.25, -0.2) is 4.98 Å². The third kappa shape index (κ3) is 2.54. The molecule has 78 valence electrons. The molecule has 1 N–H and O–H groups in total. The average Bonchev–Trinajstić information content (AvgIpc) is 2.71. The highest BCUT2D eigenvalue weighted by Gasteiger charge is 2.32. The van der Waals surface area contributed by atoms with Gasteiger partial charge in [0, 0.05) is 18.6 Å². The number of aryl methyl sites for hydroxylation is 1. The van der Waals surface area contributed by atoms with Crippen molar-refractivity contribution in [1.82, 2.24) is 20.1 Å². The fourth-order valence-corrected chi connectivity index (χ4v) is 1.68. The largest absolute Gasteiger partial charge is 0.311 e. The summed E-state index contributed by atoms with van der Waals surface area (Å²) in [5.74, 6) is 0.879. The molecule has 0 radical (unpaired) electrons. The van der Waals surface area contributed by atoms with E-state index in [2.05, 4.69) is 29.2 Å². The van der Waals surface area contributed by atoms with E-state index in [0.29, 0.717) is 6.04 Å². The summed E-state index contributed by atoms with van der Waals surface area (Å²) in [5, 5.41) is 7.68. The molecule has 1 aliphatic rings. The standard InChI is InChI=1S/C10H18N4/c1-8-5-10(8)13-9(2)3-4-14-7-11-6-12-14/h6-10,13H,3-5H2,1-2H3. The Kier molecular flexibility index (Phi) is 2.82. The van der Waals surface area contributed by atoms with Gasteiger partial charge in [0.05, 0.1) is 0 Å². The molecule has 0 saturated heterocycles. The first-order valence-corrected chi connectivity index (χ1v) is 5.34. The minimum Gasteiger partial charge on any atom is -0.311 e. The third-order valence-electron chi connectivity index (χ3n) is 2.87. The average molecular weight is 194 g/mol. The van der Waals surface area contributed by atoms with Gasteiger partial charge >= 0.3 is 0 Å². The molecule has 0 spiro atoms.